The van der Waals surface area contributed by atoms with Crippen LogP contribution in [0, 0.1) is 0 Å². The van der Waals surface area contributed by atoms with E-state index in [0.717, 1.165) is 0 Å². The molecule has 0 atom stereocenters. The van der Waals surface area contributed by atoms with Crippen molar-refractivity contribution < 1.29 is 14.6 Å². The summed E-state index contributed by atoms with van der Waals surface area (Å²) in [7, 11) is 1.36. The number of nitrogen functional groups attached to an aromatic ring is 1. The summed E-state index contributed by atoms with van der Waals surface area (Å²) in [6.45, 7) is 0. The number of anilines is 1. The number of amides is 1. The zero-order chi connectivity index (χ0) is 10.0. The smallest absolute Gasteiger partial charge is 0.252 e. The minimum Gasteiger partial charge on any atom is -0.504 e. The maximum Gasteiger partial charge on any atom is 0.252 e. The number of benzene rings is 1. The SMILES string of the molecule is COc1cc(N)cc(C(N)=O)c1O. The summed E-state index contributed by atoms with van der Waals surface area (Å²) in [5.41, 5.74) is 10.7. The first-order chi connectivity index (χ1) is 6.06. The molecule has 5 N–H and O–H groups in total. The third-order valence-corrected chi connectivity index (χ3v) is 1.58. The highest BCUT2D eigenvalue weighted by Gasteiger charge is 2.13. The van der Waals surface area contributed by atoms with Gasteiger partial charge in [-0.05, 0) is 6.07 Å². The van der Waals surface area contributed by atoms with Gasteiger partial charge in [-0.3, -0.25) is 4.79 Å². The van der Waals surface area contributed by atoms with Gasteiger partial charge in [0.2, 0.25) is 0 Å². The van der Waals surface area contributed by atoms with Crippen molar-refractivity contribution in [3.8, 4) is 11.5 Å². The second-order valence-electron chi connectivity index (χ2n) is 2.48. The Morgan fingerprint density at radius 1 is 1.54 bits per heavy atom. The number of ether oxygens (including phenoxy) is 1. The third kappa shape index (κ3) is 1.64. The van der Waals surface area contributed by atoms with Gasteiger partial charge in [-0.2, -0.15) is 0 Å². The van der Waals surface area contributed by atoms with E-state index in [1.165, 1.54) is 19.2 Å². The zero-order valence-corrected chi connectivity index (χ0v) is 7.07. The highest BCUT2D eigenvalue weighted by molar-refractivity contribution is 5.97. The van der Waals surface area contributed by atoms with E-state index in [2.05, 4.69) is 0 Å². The Morgan fingerprint density at radius 2 is 2.15 bits per heavy atom. The van der Waals surface area contributed by atoms with Gasteiger partial charge in [0, 0.05) is 11.8 Å². The number of hydrogen-bond donors (Lipinski definition) is 3. The predicted octanol–water partition coefficient (Wildman–Crippen LogP) is 0.0819. The zero-order valence-electron chi connectivity index (χ0n) is 7.07. The Morgan fingerprint density at radius 3 is 2.62 bits per heavy atom. The Labute approximate surface area is 74.9 Å². The second kappa shape index (κ2) is 3.22. The number of rotatable bonds is 2. The predicted molar refractivity (Wildman–Crippen MR) is 47.6 cm³/mol. The molecule has 1 rings (SSSR count). The highest BCUT2D eigenvalue weighted by Crippen LogP contribution is 2.31. The van der Waals surface area contributed by atoms with Crippen LogP contribution in [0.5, 0.6) is 11.5 Å². The molecule has 0 aliphatic carbocycles. The van der Waals surface area contributed by atoms with Gasteiger partial charge in [-0.1, -0.05) is 0 Å². The molecule has 1 amide bonds. The molecule has 1 aromatic carbocycles. The van der Waals surface area contributed by atoms with Crippen LogP contribution in [0.25, 0.3) is 0 Å². The van der Waals surface area contributed by atoms with Gasteiger partial charge in [-0.25, -0.2) is 0 Å². The Balaban J connectivity index is 3.35. The molecule has 0 radical (unpaired) electrons. The normalized spacial score (nSPS) is 9.62. The van der Waals surface area contributed by atoms with E-state index in [4.69, 9.17) is 16.2 Å². The molecule has 0 spiro atoms. The van der Waals surface area contributed by atoms with Gasteiger partial charge < -0.3 is 21.3 Å². The summed E-state index contributed by atoms with van der Waals surface area (Å²) in [5.74, 6) is -0.902. The molecule has 0 bridgehead atoms. The summed E-state index contributed by atoms with van der Waals surface area (Å²) in [6.07, 6.45) is 0. The van der Waals surface area contributed by atoms with Crippen LogP contribution in [0.15, 0.2) is 12.1 Å². The van der Waals surface area contributed by atoms with Crippen LogP contribution in [0.3, 0.4) is 0 Å². The molecule has 0 unspecified atom stereocenters. The maximum atomic E-state index is 10.8. The lowest BCUT2D eigenvalue weighted by Crippen LogP contribution is -2.12. The molecule has 70 valence electrons. The summed E-state index contributed by atoms with van der Waals surface area (Å²) >= 11 is 0. The Kier molecular flexibility index (Phi) is 2.27. The van der Waals surface area contributed by atoms with Crippen molar-refractivity contribution in [3.05, 3.63) is 17.7 Å². The van der Waals surface area contributed by atoms with Gasteiger partial charge >= 0.3 is 0 Å². The molecule has 0 fully saturated rings. The Bertz CT molecular complexity index is 349. The van der Waals surface area contributed by atoms with Crippen LogP contribution in [-0.2, 0) is 0 Å². The minimum atomic E-state index is -0.747. The molecular formula is C8H10N2O3. The first kappa shape index (κ1) is 9.18. The molecule has 13 heavy (non-hydrogen) atoms. The molecule has 0 aromatic heterocycles. The Hall–Kier alpha value is -1.91. The number of primary amides is 1. The quantitative estimate of drug-likeness (QED) is 0.445. The van der Waals surface area contributed by atoms with Gasteiger partial charge in [-0.15, -0.1) is 0 Å². The van der Waals surface area contributed by atoms with Crippen molar-refractivity contribution in [1.82, 2.24) is 0 Å². The standard InChI is InChI=1S/C8H10N2O3/c1-13-6-3-4(9)2-5(7(6)11)8(10)12/h2-3,11H,9H2,1H3,(H2,10,12). The molecular weight excluding hydrogens is 172 g/mol. The lowest BCUT2D eigenvalue weighted by Gasteiger charge is -2.07. The first-order valence-corrected chi connectivity index (χ1v) is 3.52. The molecule has 0 aliphatic rings. The summed E-state index contributed by atoms with van der Waals surface area (Å²) in [6, 6.07) is 2.70. The van der Waals surface area contributed by atoms with Gasteiger partial charge in [0.25, 0.3) is 5.91 Å². The van der Waals surface area contributed by atoms with E-state index in [9.17, 15) is 9.90 Å². The fourth-order valence-corrected chi connectivity index (χ4v) is 0.973. The van der Waals surface area contributed by atoms with Crippen molar-refractivity contribution in [1.29, 1.82) is 0 Å². The largest absolute Gasteiger partial charge is 0.504 e. The average Bonchev–Trinajstić information content (AvgIpc) is 2.08. The highest BCUT2D eigenvalue weighted by atomic mass is 16.5. The molecule has 0 aliphatic heterocycles. The van der Waals surface area contributed by atoms with Crippen LogP contribution in [0.4, 0.5) is 5.69 Å². The number of hydrogen-bond acceptors (Lipinski definition) is 4. The van der Waals surface area contributed by atoms with Gasteiger partial charge in [0.1, 0.15) is 0 Å². The summed E-state index contributed by atoms with van der Waals surface area (Å²) in [5, 5.41) is 9.40. The van der Waals surface area contributed by atoms with E-state index < -0.39 is 5.91 Å². The van der Waals surface area contributed by atoms with Crippen molar-refractivity contribution in [2.24, 2.45) is 5.73 Å². The van der Waals surface area contributed by atoms with Crippen LogP contribution in [0.2, 0.25) is 0 Å². The van der Waals surface area contributed by atoms with E-state index in [0.29, 0.717) is 5.69 Å². The maximum absolute atomic E-state index is 10.8. The van der Waals surface area contributed by atoms with Crippen LogP contribution in [-0.4, -0.2) is 18.1 Å². The summed E-state index contributed by atoms with van der Waals surface area (Å²) < 4.78 is 4.78. The lowest BCUT2D eigenvalue weighted by atomic mass is 10.1. The molecule has 0 saturated heterocycles. The molecule has 1 aromatic rings. The number of carbonyl (C=O) groups excluding carboxylic acids is 1. The van der Waals surface area contributed by atoms with E-state index in [-0.39, 0.29) is 17.1 Å². The van der Waals surface area contributed by atoms with Crippen LogP contribution >= 0.6 is 0 Å². The van der Waals surface area contributed by atoms with Crippen molar-refractivity contribution in [3.63, 3.8) is 0 Å². The lowest BCUT2D eigenvalue weighted by molar-refractivity contribution is 0.0997. The van der Waals surface area contributed by atoms with Crippen molar-refractivity contribution in [2.45, 2.75) is 0 Å². The average molecular weight is 182 g/mol. The fourth-order valence-electron chi connectivity index (χ4n) is 0.973. The topological polar surface area (TPSA) is 98.6 Å². The number of phenols is 1. The van der Waals surface area contributed by atoms with E-state index in [1.54, 1.807) is 0 Å². The van der Waals surface area contributed by atoms with Crippen LogP contribution in [0.1, 0.15) is 10.4 Å². The number of nitrogens with two attached hydrogens (primary N) is 2. The van der Waals surface area contributed by atoms with Crippen molar-refractivity contribution in [2.75, 3.05) is 12.8 Å². The van der Waals surface area contributed by atoms with Crippen LogP contribution < -0.4 is 16.2 Å². The molecule has 5 nitrogen and oxygen atoms in total. The number of carbonyl (C=O) groups is 1. The monoisotopic (exact) mass is 182 g/mol. The molecule has 0 heterocycles. The van der Waals surface area contributed by atoms with Crippen molar-refractivity contribution >= 4 is 11.6 Å². The third-order valence-electron chi connectivity index (χ3n) is 1.58. The fraction of sp³-hybridized carbons (Fsp3) is 0.125. The molecule has 0 saturated carbocycles. The van der Waals surface area contributed by atoms with Gasteiger partial charge in [0.15, 0.2) is 11.5 Å². The minimum absolute atomic E-state index is 0.0446. The first-order valence-electron chi connectivity index (χ1n) is 3.52. The van der Waals surface area contributed by atoms with E-state index in [1.807, 2.05) is 0 Å². The number of aromatic hydroxyl groups is 1. The molecule has 5 heteroatoms. The number of methoxy groups -OCH3 is 1. The second-order valence-corrected chi connectivity index (χ2v) is 2.48. The van der Waals surface area contributed by atoms with E-state index >= 15 is 0 Å². The van der Waals surface area contributed by atoms with Gasteiger partial charge in [0.05, 0.1) is 12.7 Å². The summed E-state index contributed by atoms with van der Waals surface area (Å²) in [4.78, 5) is 10.8.